The van der Waals surface area contributed by atoms with Crippen molar-refractivity contribution < 1.29 is 18.0 Å². The van der Waals surface area contributed by atoms with E-state index in [1.54, 1.807) is 12.1 Å². The Morgan fingerprint density at radius 3 is 2.19 bits per heavy atom. The summed E-state index contributed by atoms with van der Waals surface area (Å²) in [5, 5.41) is -0.866. The van der Waals surface area contributed by atoms with Crippen molar-refractivity contribution in [3.63, 3.8) is 0 Å². The molecule has 0 bridgehead atoms. The molecule has 0 aliphatic carbocycles. The molecule has 84 valence electrons. The Kier molecular flexibility index (Phi) is 3.74. The lowest BCUT2D eigenvalue weighted by molar-refractivity contribution is -0.00152. The molecule has 5 nitrogen and oxygen atoms in total. The van der Waals surface area contributed by atoms with Crippen molar-refractivity contribution in [3.05, 3.63) is 39.8 Å². The first-order chi connectivity index (χ1) is 7.36. The number of carbonyl (C=O) groups excluding carboxylic acids is 1. The number of sulfone groups is 1. The maximum absolute atomic E-state index is 11.6. The highest BCUT2D eigenvalue weighted by molar-refractivity contribution is 9.10. The Morgan fingerprint density at radius 2 is 1.81 bits per heavy atom. The van der Waals surface area contributed by atoms with Gasteiger partial charge in [-0.1, -0.05) is 15.9 Å². The molecule has 1 rings (SSSR count). The van der Waals surface area contributed by atoms with Gasteiger partial charge < -0.3 is 5.53 Å². The van der Waals surface area contributed by atoms with Crippen molar-refractivity contribution in [2.45, 2.75) is 0 Å². The second-order valence-corrected chi connectivity index (χ2v) is 5.86. The van der Waals surface area contributed by atoms with Gasteiger partial charge in [0.2, 0.25) is 0 Å². The topological polar surface area (TPSA) is 87.6 Å². The molecule has 0 atom stereocenters. The van der Waals surface area contributed by atoms with E-state index in [4.69, 9.17) is 5.53 Å². The Labute approximate surface area is 101 Å². The molecule has 0 aliphatic heterocycles. The fourth-order valence-electron chi connectivity index (χ4n) is 1.01. The standard InChI is InChI=1S/C9H7BrN2O3S/c1-16(14,15)9(12-11)8(13)6-2-4-7(10)5-3-6/h2-5H,1H3. The predicted octanol–water partition coefficient (Wildman–Crippen LogP) is 1.30. The van der Waals surface area contributed by atoms with Crippen LogP contribution in [0.3, 0.4) is 0 Å². The van der Waals surface area contributed by atoms with Gasteiger partial charge >= 0.3 is 5.04 Å². The lowest BCUT2D eigenvalue weighted by Gasteiger charge is -1.95. The minimum absolute atomic E-state index is 0.140. The molecule has 16 heavy (non-hydrogen) atoms. The number of benzene rings is 1. The highest BCUT2D eigenvalue weighted by atomic mass is 79.9. The first kappa shape index (κ1) is 12.8. The van der Waals surface area contributed by atoms with Gasteiger partial charge in [0.25, 0.3) is 15.6 Å². The van der Waals surface area contributed by atoms with Gasteiger partial charge in [-0.25, -0.2) is 8.42 Å². The van der Waals surface area contributed by atoms with Gasteiger partial charge in [-0.15, -0.1) is 4.79 Å². The van der Waals surface area contributed by atoms with E-state index < -0.39 is 20.7 Å². The maximum Gasteiger partial charge on any atom is 0.452 e. The second-order valence-electron chi connectivity index (χ2n) is 3.01. The number of nitrogens with zero attached hydrogens (tertiary/aromatic N) is 2. The quantitative estimate of drug-likeness (QED) is 0.271. The molecule has 0 radical (unpaired) electrons. The molecule has 7 heteroatoms. The van der Waals surface area contributed by atoms with E-state index in [1.165, 1.54) is 12.1 Å². The average Bonchev–Trinajstić information content (AvgIpc) is 2.17. The summed E-state index contributed by atoms with van der Waals surface area (Å²) in [5.74, 6) is -0.836. The van der Waals surface area contributed by atoms with Crippen molar-refractivity contribution in [1.82, 2.24) is 0 Å². The minimum Gasteiger partial charge on any atom is -0.360 e. The summed E-state index contributed by atoms with van der Waals surface area (Å²) in [6, 6.07) is 6.04. The van der Waals surface area contributed by atoms with Crippen LogP contribution in [0.1, 0.15) is 10.4 Å². The molecule has 0 saturated heterocycles. The molecule has 0 amide bonds. The van der Waals surface area contributed by atoms with Crippen LogP contribution in [-0.2, 0) is 9.84 Å². The fourth-order valence-corrected chi connectivity index (χ4v) is 1.88. The number of hydrogen-bond donors (Lipinski definition) is 0. The van der Waals surface area contributed by atoms with E-state index in [1.807, 2.05) is 0 Å². The monoisotopic (exact) mass is 302 g/mol. The largest absolute Gasteiger partial charge is 0.452 e. The highest BCUT2D eigenvalue weighted by Crippen LogP contribution is 2.11. The van der Waals surface area contributed by atoms with Crippen LogP contribution in [0.4, 0.5) is 0 Å². The summed E-state index contributed by atoms with van der Waals surface area (Å²) in [4.78, 5) is 14.2. The molecule has 1 aromatic carbocycles. The molecular formula is C9H7BrN2O3S. The van der Waals surface area contributed by atoms with Crippen LogP contribution < -0.4 is 0 Å². The lowest BCUT2D eigenvalue weighted by atomic mass is 10.1. The van der Waals surface area contributed by atoms with Crippen LogP contribution in [-0.4, -0.2) is 30.3 Å². The van der Waals surface area contributed by atoms with E-state index in [0.29, 0.717) is 0 Å². The molecule has 0 N–H and O–H groups in total. The normalized spacial score (nSPS) is 10.6. The maximum atomic E-state index is 11.6. The summed E-state index contributed by atoms with van der Waals surface area (Å²) >= 11 is 3.18. The zero-order valence-corrected chi connectivity index (χ0v) is 10.6. The van der Waals surface area contributed by atoms with Gasteiger partial charge in [0.15, 0.2) is 0 Å². The van der Waals surface area contributed by atoms with Crippen molar-refractivity contribution in [3.8, 4) is 0 Å². The zero-order valence-electron chi connectivity index (χ0n) is 8.21. The first-order valence-electron chi connectivity index (χ1n) is 4.08. The van der Waals surface area contributed by atoms with E-state index in [-0.39, 0.29) is 5.56 Å². The van der Waals surface area contributed by atoms with E-state index in [9.17, 15) is 13.2 Å². The Balaban J connectivity index is 3.22. The van der Waals surface area contributed by atoms with Gasteiger partial charge in [0.1, 0.15) is 0 Å². The third-order valence-electron chi connectivity index (χ3n) is 1.74. The number of Topliss-reactive ketones (excluding diaryl/α,β-unsaturated/α-hetero) is 1. The second kappa shape index (κ2) is 4.69. The molecule has 0 aliphatic rings. The molecule has 0 fully saturated rings. The van der Waals surface area contributed by atoms with Crippen LogP contribution >= 0.6 is 15.9 Å². The van der Waals surface area contributed by atoms with Crippen molar-refractivity contribution in [2.24, 2.45) is 0 Å². The summed E-state index contributed by atoms with van der Waals surface area (Å²) in [6.07, 6.45) is 0.804. The number of hydrogen-bond acceptors (Lipinski definition) is 3. The number of halogens is 1. The summed E-state index contributed by atoms with van der Waals surface area (Å²) in [7, 11) is -3.83. The molecule has 0 unspecified atom stereocenters. The Morgan fingerprint density at radius 1 is 1.31 bits per heavy atom. The van der Waals surface area contributed by atoms with Crippen LogP contribution in [0.5, 0.6) is 0 Å². The Hall–Kier alpha value is -1.30. The predicted molar refractivity (Wildman–Crippen MR) is 61.9 cm³/mol. The van der Waals surface area contributed by atoms with E-state index in [2.05, 4.69) is 20.7 Å². The molecular weight excluding hydrogens is 296 g/mol. The minimum atomic E-state index is -3.83. The van der Waals surface area contributed by atoms with Crippen molar-refractivity contribution >= 4 is 36.6 Å². The zero-order chi connectivity index (χ0) is 12.3. The summed E-state index contributed by atoms with van der Waals surface area (Å²) < 4.78 is 23.0. The smallest absolute Gasteiger partial charge is 0.360 e. The number of ketones is 1. The van der Waals surface area contributed by atoms with Crippen LogP contribution in [0.2, 0.25) is 0 Å². The third kappa shape index (κ3) is 2.85. The van der Waals surface area contributed by atoms with E-state index >= 15 is 0 Å². The molecule has 0 spiro atoms. The number of rotatable bonds is 2. The van der Waals surface area contributed by atoms with Gasteiger partial charge in [-0.2, -0.15) is 0 Å². The SMILES string of the molecule is CS(=O)(=O)C(=[N+]=[N-])C(=O)c1ccc(Br)cc1. The average molecular weight is 303 g/mol. The fraction of sp³-hybridized carbons (Fsp3) is 0.111. The van der Waals surface area contributed by atoms with Crippen LogP contribution in [0.15, 0.2) is 28.7 Å². The van der Waals surface area contributed by atoms with Crippen LogP contribution in [0.25, 0.3) is 5.53 Å². The van der Waals surface area contributed by atoms with E-state index in [0.717, 1.165) is 10.7 Å². The van der Waals surface area contributed by atoms with Gasteiger partial charge in [-0.05, 0) is 24.3 Å². The third-order valence-corrected chi connectivity index (χ3v) is 3.24. The highest BCUT2D eigenvalue weighted by Gasteiger charge is 2.32. The molecule has 0 heterocycles. The lowest BCUT2D eigenvalue weighted by Crippen LogP contribution is -2.24. The van der Waals surface area contributed by atoms with Gasteiger partial charge in [-0.3, -0.25) is 4.79 Å². The first-order valence-corrected chi connectivity index (χ1v) is 6.77. The number of carbonyl (C=O) groups is 1. The summed E-state index contributed by atoms with van der Waals surface area (Å²) in [6.45, 7) is 0. The van der Waals surface area contributed by atoms with Crippen molar-refractivity contribution in [1.29, 1.82) is 0 Å². The summed E-state index contributed by atoms with van der Waals surface area (Å²) in [5.41, 5.74) is 8.67. The molecule has 1 aromatic rings. The Bertz CT molecular complexity index is 571. The molecule has 0 aromatic heterocycles. The molecule has 0 saturated carbocycles. The van der Waals surface area contributed by atoms with Crippen molar-refractivity contribution in [2.75, 3.05) is 6.26 Å². The van der Waals surface area contributed by atoms with Gasteiger partial charge in [0.05, 0.1) is 6.26 Å². The van der Waals surface area contributed by atoms with Gasteiger partial charge in [0, 0.05) is 10.0 Å². The van der Waals surface area contributed by atoms with Crippen LogP contribution in [0, 0.1) is 0 Å².